The highest BCUT2D eigenvalue weighted by molar-refractivity contribution is 7.99. The predicted molar refractivity (Wildman–Crippen MR) is 145 cm³/mol. The van der Waals surface area contributed by atoms with Crippen molar-refractivity contribution in [2.45, 2.75) is 106 Å². The van der Waals surface area contributed by atoms with E-state index >= 15 is 0 Å². The molecule has 1 aromatic rings. The first kappa shape index (κ1) is 25.9. The van der Waals surface area contributed by atoms with Crippen molar-refractivity contribution in [3.8, 4) is 0 Å². The number of hydrogen-bond acceptors (Lipinski definition) is 5. The molecule has 5 fully saturated rings. The van der Waals surface area contributed by atoms with Crippen LogP contribution in [0.4, 0.5) is 0 Å². The van der Waals surface area contributed by atoms with Gasteiger partial charge in [-0.1, -0.05) is 18.9 Å². The molecule has 38 heavy (non-hydrogen) atoms. The summed E-state index contributed by atoms with van der Waals surface area (Å²) < 4.78 is 0. The molecule has 0 aromatic heterocycles. The molecule has 4 bridgehead atoms. The highest BCUT2D eigenvalue weighted by Gasteiger charge is 2.51. The van der Waals surface area contributed by atoms with Crippen LogP contribution in [0.3, 0.4) is 0 Å². The third-order valence-electron chi connectivity index (χ3n) is 9.54. The number of rotatable bonds is 10. The highest BCUT2D eigenvalue weighted by atomic mass is 32.2. The molecule has 8 heteroatoms. The van der Waals surface area contributed by atoms with Crippen LogP contribution in [0.1, 0.15) is 99.4 Å². The average molecular weight is 538 g/mol. The Hall–Kier alpha value is -2.35. The lowest BCUT2D eigenvalue weighted by molar-refractivity contribution is -0.137. The van der Waals surface area contributed by atoms with Crippen LogP contribution in [0.25, 0.3) is 0 Å². The Balaban J connectivity index is 0.915. The molecule has 2 aliphatic heterocycles. The fourth-order valence-corrected chi connectivity index (χ4v) is 9.33. The van der Waals surface area contributed by atoms with Gasteiger partial charge in [0, 0.05) is 35.4 Å². The van der Waals surface area contributed by atoms with E-state index in [0.29, 0.717) is 24.9 Å². The summed E-state index contributed by atoms with van der Waals surface area (Å²) in [6.07, 6.45) is 13.3. The van der Waals surface area contributed by atoms with Crippen molar-refractivity contribution in [1.29, 1.82) is 0 Å². The van der Waals surface area contributed by atoms with Crippen LogP contribution in [0.15, 0.2) is 23.1 Å². The van der Waals surface area contributed by atoms with E-state index in [9.17, 15) is 19.2 Å². The topological polar surface area (TPSA) is 95.6 Å². The number of imide groups is 1. The van der Waals surface area contributed by atoms with Crippen molar-refractivity contribution in [2.75, 3.05) is 5.75 Å². The van der Waals surface area contributed by atoms with Gasteiger partial charge in [-0.05, 0) is 99.0 Å². The second kappa shape index (κ2) is 10.7. The van der Waals surface area contributed by atoms with E-state index in [1.807, 2.05) is 12.1 Å². The number of carbonyl (C=O) groups excluding carboxylic acids is 4. The van der Waals surface area contributed by atoms with Gasteiger partial charge in [0.05, 0.1) is 0 Å². The van der Waals surface area contributed by atoms with Gasteiger partial charge in [0.15, 0.2) is 0 Å². The lowest BCUT2D eigenvalue weighted by atomic mass is 9.53. The number of nitrogens with one attached hydrogen (secondary N) is 2. The third kappa shape index (κ3) is 5.25. The molecule has 1 aromatic carbocycles. The normalized spacial score (nSPS) is 31.5. The van der Waals surface area contributed by atoms with Crippen LogP contribution in [-0.2, 0) is 20.9 Å². The maximum Gasteiger partial charge on any atom is 0.255 e. The van der Waals surface area contributed by atoms with Gasteiger partial charge in [-0.2, -0.15) is 0 Å². The minimum atomic E-state index is -0.578. The standard InChI is InChI=1S/C30H39N3O4S/c34-26-10-9-24(28(36)31-26)33-18-23-22(29(33)37)6-5-7-25(23)38-11-4-2-1-3-8-27(35)32-30-15-19-12-20(16-30)14-21(13-19)17-30/h5-7,19-21,24H,1-4,8-18H2,(H,32,35)(H,31,34,36). The fourth-order valence-electron chi connectivity index (χ4n) is 8.24. The van der Waals surface area contributed by atoms with Crippen LogP contribution in [0.2, 0.25) is 0 Å². The first-order chi connectivity index (χ1) is 18.4. The molecule has 4 saturated carbocycles. The maximum absolute atomic E-state index is 13.0. The van der Waals surface area contributed by atoms with Crippen LogP contribution in [-0.4, -0.2) is 45.9 Å². The number of amides is 4. The minimum absolute atomic E-state index is 0.119. The molecule has 7 rings (SSSR count). The molecule has 1 atom stereocenters. The fraction of sp³-hybridized carbons (Fsp3) is 0.667. The van der Waals surface area contributed by atoms with Crippen molar-refractivity contribution in [2.24, 2.45) is 17.8 Å². The molecule has 1 unspecified atom stereocenters. The molecule has 2 heterocycles. The van der Waals surface area contributed by atoms with Gasteiger partial charge in [0.2, 0.25) is 17.7 Å². The van der Waals surface area contributed by atoms with Gasteiger partial charge < -0.3 is 10.2 Å². The maximum atomic E-state index is 13.0. The van der Waals surface area contributed by atoms with Crippen LogP contribution >= 0.6 is 11.8 Å². The second-order valence-electron chi connectivity index (χ2n) is 12.4. The first-order valence-electron chi connectivity index (χ1n) is 14.6. The SMILES string of the molecule is O=C1CCC(N2Cc3c(SCCCCCCC(=O)NC45CC6CC(CC(C6)C4)C5)cccc3C2=O)C(=O)N1. The van der Waals surface area contributed by atoms with Gasteiger partial charge in [-0.25, -0.2) is 0 Å². The van der Waals surface area contributed by atoms with Crippen LogP contribution in [0.5, 0.6) is 0 Å². The van der Waals surface area contributed by atoms with Gasteiger partial charge in [-0.3, -0.25) is 24.5 Å². The van der Waals surface area contributed by atoms with E-state index < -0.39 is 6.04 Å². The van der Waals surface area contributed by atoms with E-state index in [4.69, 9.17) is 0 Å². The summed E-state index contributed by atoms with van der Waals surface area (Å²) in [4.78, 5) is 52.3. The molecule has 4 aliphatic carbocycles. The highest BCUT2D eigenvalue weighted by Crippen LogP contribution is 2.55. The summed E-state index contributed by atoms with van der Waals surface area (Å²) in [6.45, 7) is 0.419. The van der Waals surface area contributed by atoms with Gasteiger partial charge in [0.1, 0.15) is 6.04 Å². The van der Waals surface area contributed by atoms with E-state index in [0.717, 1.165) is 59.6 Å². The Morgan fingerprint density at radius 2 is 1.71 bits per heavy atom. The number of fused-ring (bicyclic) bond motifs is 1. The predicted octanol–water partition coefficient (Wildman–Crippen LogP) is 4.58. The van der Waals surface area contributed by atoms with Crippen molar-refractivity contribution >= 4 is 35.4 Å². The summed E-state index contributed by atoms with van der Waals surface area (Å²) >= 11 is 1.77. The zero-order chi connectivity index (χ0) is 26.3. The second-order valence-corrected chi connectivity index (χ2v) is 13.6. The lowest BCUT2D eigenvalue weighted by Gasteiger charge is -2.56. The number of piperidine rings is 1. The van der Waals surface area contributed by atoms with E-state index in [1.54, 1.807) is 16.7 Å². The molecule has 7 nitrogen and oxygen atoms in total. The third-order valence-corrected chi connectivity index (χ3v) is 10.7. The summed E-state index contributed by atoms with van der Waals surface area (Å²) in [6, 6.07) is 5.22. The molecular weight excluding hydrogens is 498 g/mol. The number of nitrogens with zero attached hydrogens (tertiary/aromatic N) is 1. The number of benzene rings is 1. The zero-order valence-corrected chi connectivity index (χ0v) is 23.0. The molecule has 2 N–H and O–H groups in total. The first-order valence-corrected chi connectivity index (χ1v) is 15.6. The largest absolute Gasteiger partial charge is 0.351 e. The summed E-state index contributed by atoms with van der Waals surface area (Å²) in [5, 5.41) is 5.86. The number of hydrogen-bond donors (Lipinski definition) is 2. The summed E-state index contributed by atoms with van der Waals surface area (Å²) in [5.41, 5.74) is 1.78. The van der Waals surface area contributed by atoms with E-state index in [-0.39, 0.29) is 35.6 Å². The smallest absolute Gasteiger partial charge is 0.255 e. The molecule has 0 radical (unpaired) electrons. The van der Waals surface area contributed by atoms with Gasteiger partial charge in [0.25, 0.3) is 5.91 Å². The Bertz CT molecular complexity index is 1100. The lowest BCUT2D eigenvalue weighted by Crippen LogP contribution is -2.59. The monoisotopic (exact) mass is 537 g/mol. The van der Waals surface area contributed by atoms with Crippen molar-refractivity contribution in [3.05, 3.63) is 29.3 Å². The molecule has 1 saturated heterocycles. The Morgan fingerprint density at radius 3 is 2.42 bits per heavy atom. The van der Waals surface area contributed by atoms with Crippen LogP contribution in [0, 0.1) is 17.8 Å². The van der Waals surface area contributed by atoms with Crippen molar-refractivity contribution in [1.82, 2.24) is 15.5 Å². The number of unbranched alkanes of at least 4 members (excludes halogenated alkanes) is 3. The van der Waals surface area contributed by atoms with Gasteiger partial charge >= 0.3 is 0 Å². The van der Waals surface area contributed by atoms with Crippen molar-refractivity contribution in [3.63, 3.8) is 0 Å². The molecule has 4 amide bonds. The quantitative estimate of drug-likeness (QED) is 0.259. The Labute approximate surface area is 229 Å². The zero-order valence-electron chi connectivity index (χ0n) is 22.1. The van der Waals surface area contributed by atoms with Crippen molar-refractivity contribution < 1.29 is 19.2 Å². The molecule has 0 spiro atoms. The molecule has 204 valence electrons. The molecule has 6 aliphatic rings. The number of thioether (sulfide) groups is 1. The Morgan fingerprint density at radius 1 is 1.00 bits per heavy atom. The van der Waals surface area contributed by atoms with Gasteiger partial charge in [-0.15, -0.1) is 11.8 Å². The number of carbonyl (C=O) groups is 4. The summed E-state index contributed by atoms with van der Waals surface area (Å²) in [7, 11) is 0. The van der Waals surface area contributed by atoms with E-state index in [2.05, 4.69) is 16.7 Å². The Kier molecular flexibility index (Phi) is 7.27. The molecular formula is C30H39N3O4S. The minimum Gasteiger partial charge on any atom is -0.351 e. The summed E-state index contributed by atoms with van der Waals surface area (Å²) in [5.74, 6) is 3.01. The average Bonchev–Trinajstić information content (AvgIpc) is 3.19. The van der Waals surface area contributed by atoms with E-state index in [1.165, 1.54) is 38.5 Å². The van der Waals surface area contributed by atoms with Crippen LogP contribution < -0.4 is 10.6 Å².